The van der Waals surface area contributed by atoms with E-state index in [0.29, 0.717) is 0 Å². The molecule has 0 nitrogen and oxygen atoms in total. The fraction of sp³-hybridized carbons (Fsp3) is 0.500. The Morgan fingerprint density at radius 3 is 1.04 bits per heavy atom. The summed E-state index contributed by atoms with van der Waals surface area (Å²) < 4.78 is 0. The molecule has 2 aromatic rings. The topological polar surface area (TPSA) is 0 Å². The first kappa shape index (κ1) is 22.4. The average molecular weight is 396 g/mol. The van der Waals surface area contributed by atoms with Gasteiger partial charge in [-0.3, -0.25) is 0 Å². The molecule has 0 amide bonds. The third-order valence-electron chi connectivity index (χ3n) is 5.03. The molecular formula is C20H26F2Zr. The van der Waals surface area contributed by atoms with E-state index in [2.05, 4.69) is 48.5 Å². The van der Waals surface area contributed by atoms with Crippen LogP contribution in [0.25, 0.3) is 0 Å². The molecule has 4 rings (SSSR count). The van der Waals surface area contributed by atoms with Gasteiger partial charge in [-0.15, -0.1) is 0 Å². The number of hydrogen-bond acceptors (Lipinski definition) is 0. The monoisotopic (exact) mass is 394 g/mol. The summed E-state index contributed by atoms with van der Waals surface area (Å²) >= 11 is 0. The minimum absolute atomic E-state index is 0. The Balaban J connectivity index is 0.000000372. The molecule has 0 saturated heterocycles. The van der Waals surface area contributed by atoms with E-state index in [9.17, 15) is 0 Å². The molecule has 23 heavy (non-hydrogen) atoms. The van der Waals surface area contributed by atoms with Gasteiger partial charge >= 0.3 is 26.2 Å². The Labute approximate surface area is 158 Å². The van der Waals surface area contributed by atoms with Crippen LogP contribution >= 0.6 is 0 Å². The predicted molar refractivity (Wildman–Crippen MR) is 86.5 cm³/mol. The summed E-state index contributed by atoms with van der Waals surface area (Å²) in [5.74, 6) is 1.80. The summed E-state index contributed by atoms with van der Waals surface area (Å²) in [4.78, 5) is 0. The second-order valence-corrected chi connectivity index (χ2v) is 6.40. The summed E-state index contributed by atoms with van der Waals surface area (Å²) in [6.07, 6.45) is 11.4. The molecule has 2 saturated carbocycles. The summed E-state index contributed by atoms with van der Waals surface area (Å²) in [6, 6.07) is 17.6. The van der Waals surface area contributed by atoms with Crippen molar-refractivity contribution in [1.29, 1.82) is 0 Å². The van der Waals surface area contributed by atoms with Gasteiger partial charge in [0.15, 0.2) is 0 Å². The normalized spacial score (nSPS) is 17.4. The molecule has 0 unspecified atom stereocenters. The van der Waals surface area contributed by atoms with Gasteiger partial charge in [-0.2, -0.15) is 35.4 Å². The van der Waals surface area contributed by atoms with Gasteiger partial charge < -0.3 is 9.41 Å². The molecule has 2 aromatic carbocycles. The van der Waals surface area contributed by atoms with Gasteiger partial charge in [0.05, 0.1) is 0 Å². The van der Waals surface area contributed by atoms with E-state index in [-0.39, 0.29) is 35.6 Å². The largest absolute Gasteiger partial charge is 4.00 e. The summed E-state index contributed by atoms with van der Waals surface area (Å²) in [5.41, 5.74) is 3.13. The fourth-order valence-corrected chi connectivity index (χ4v) is 3.84. The molecule has 0 atom stereocenters. The number of halogens is 2. The fourth-order valence-electron chi connectivity index (χ4n) is 3.84. The van der Waals surface area contributed by atoms with Crippen LogP contribution in [0.1, 0.15) is 74.3 Å². The van der Waals surface area contributed by atoms with Gasteiger partial charge in [-0.05, 0) is 0 Å². The molecule has 0 aliphatic heterocycles. The third kappa shape index (κ3) is 6.45. The van der Waals surface area contributed by atoms with E-state index in [1.807, 2.05) is 0 Å². The van der Waals surface area contributed by atoms with Crippen LogP contribution in [0.5, 0.6) is 0 Å². The van der Waals surface area contributed by atoms with Crippen molar-refractivity contribution in [1.82, 2.24) is 0 Å². The SMILES string of the molecule is [F-].[F-].[Zr+4].c1cc[c-](C2CCCC2)c1.c1cc[c-](C2CCCC2)c1. The van der Waals surface area contributed by atoms with E-state index >= 15 is 0 Å². The molecule has 0 aromatic heterocycles. The molecule has 0 bridgehead atoms. The number of hydrogen-bond donors (Lipinski definition) is 0. The predicted octanol–water partition coefficient (Wildman–Crippen LogP) is 0.132. The minimum Gasteiger partial charge on any atom is -1.00 e. The molecule has 3 heteroatoms. The van der Waals surface area contributed by atoms with Gasteiger partial charge in [-0.25, -0.2) is 24.3 Å². The molecule has 2 fully saturated rings. The van der Waals surface area contributed by atoms with Crippen LogP contribution in [-0.2, 0) is 26.2 Å². The maximum absolute atomic E-state index is 2.26. The van der Waals surface area contributed by atoms with Gasteiger partial charge in [-0.1, -0.05) is 63.2 Å². The van der Waals surface area contributed by atoms with Crippen molar-refractivity contribution in [2.75, 3.05) is 0 Å². The van der Waals surface area contributed by atoms with Crippen LogP contribution in [-0.4, -0.2) is 0 Å². The zero-order chi connectivity index (χ0) is 13.6. The van der Waals surface area contributed by atoms with Crippen molar-refractivity contribution in [3.8, 4) is 0 Å². The summed E-state index contributed by atoms with van der Waals surface area (Å²) in [6.45, 7) is 0. The molecule has 0 N–H and O–H groups in total. The quantitative estimate of drug-likeness (QED) is 0.635. The standard InChI is InChI=1S/2C10H13.2FH.Zr/c2*1-2-6-9(5-1)10-7-3-4-8-10;;;/h2*1-2,5-6,10H,3-4,7-8H2;2*1H;/q2*-1;;;+4/p-2. The van der Waals surface area contributed by atoms with Crippen LogP contribution in [0.4, 0.5) is 0 Å². The van der Waals surface area contributed by atoms with Crippen molar-refractivity contribution in [3.05, 3.63) is 59.7 Å². The smallest absolute Gasteiger partial charge is 1.00 e. The van der Waals surface area contributed by atoms with Crippen molar-refractivity contribution >= 4 is 0 Å². The van der Waals surface area contributed by atoms with E-state index < -0.39 is 0 Å². The average Bonchev–Trinajstić information content (AvgIpc) is 3.29. The van der Waals surface area contributed by atoms with Crippen LogP contribution in [0.3, 0.4) is 0 Å². The Morgan fingerprint density at radius 1 is 0.522 bits per heavy atom. The summed E-state index contributed by atoms with van der Waals surface area (Å²) in [5, 5.41) is 0. The Hall–Kier alpha value is -0.557. The first-order chi connectivity index (χ1) is 9.93. The molecule has 2 aliphatic carbocycles. The molecule has 0 spiro atoms. The number of rotatable bonds is 2. The van der Waals surface area contributed by atoms with Gasteiger partial charge in [0.1, 0.15) is 0 Å². The van der Waals surface area contributed by atoms with Crippen molar-refractivity contribution in [2.24, 2.45) is 0 Å². The maximum atomic E-state index is 2.26. The van der Waals surface area contributed by atoms with Crippen LogP contribution in [0, 0.1) is 0 Å². The Morgan fingerprint density at radius 2 is 0.783 bits per heavy atom. The molecule has 124 valence electrons. The van der Waals surface area contributed by atoms with E-state index in [1.165, 1.54) is 51.4 Å². The van der Waals surface area contributed by atoms with E-state index in [4.69, 9.17) is 0 Å². The second-order valence-electron chi connectivity index (χ2n) is 6.40. The molecule has 2 aliphatic rings. The van der Waals surface area contributed by atoms with E-state index in [0.717, 1.165) is 11.8 Å². The first-order valence-corrected chi connectivity index (χ1v) is 8.37. The van der Waals surface area contributed by atoms with Crippen molar-refractivity contribution in [3.63, 3.8) is 0 Å². The first-order valence-electron chi connectivity index (χ1n) is 8.37. The second kappa shape index (κ2) is 11.9. The third-order valence-corrected chi connectivity index (χ3v) is 5.03. The Bertz CT molecular complexity index is 417. The van der Waals surface area contributed by atoms with E-state index in [1.54, 1.807) is 11.1 Å². The van der Waals surface area contributed by atoms with Crippen LogP contribution < -0.4 is 9.41 Å². The Kier molecular flexibility index (Phi) is 11.6. The molecule has 0 heterocycles. The maximum Gasteiger partial charge on any atom is 4.00 e. The van der Waals surface area contributed by atoms with Gasteiger partial charge in [0.25, 0.3) is 0 Å². The van der Waals surface area contributed by atoms with Crippen LogP contribution in [0.15, 0.2) is 48.5 Å². The van der Waals surface area contributed by atoms with Gasteiger partial charge in [0, 0.05) is 0 Å². The van der Waals surface area contributed by atoms with Crippen molar-refractivity contribution in [2.45, 2.75) is 63.2 Å². The molecular weight excluding hydrogens is 369 g/mol. The zero-order valence-corrected chi connectivity index (χ0v) is 16.1. The molecule has 0 radical (unpaired) electrons. The van der Waals surface area contributed by atoms with Gasteiger partial charge in [0.2, 0.25) is 0 Å². The summed E-state index contributed by atoms with van der Waals surface area (Å²) in [7, 11) is 0. The minimum atomic E-state index is 0. The zero-order valence-electron chi connectivity index (χ0n) is 13.7. The van der Waals surface area contributed by atoms with Crippen molar-refractivity contribution < 1.29 is 35.6 Å². The van der Waals surface area contributed by atoms with Crippen LogP contribution in [0.2, 0.25) is 0 Å².